The lowest BCUT2D eigenvalue weighted by molar-refractivity contribution is 0.0595. The number of benzene rings is 1. The Labute approximate surface area is 146 Å². The Balaban J connectivity index is 1.93. The third-order valence-electron chi connectivity index (χ3n) is 4.53. The molecule has 0 unspecified atom stereocenters. The normalized spacial score (nSPS) is 14.4. The molecule has 2 heterocycles. The minimum Gasteiger partial charge on any atom is -0.465 e. The van der Waals surface area contributed by atoms with Gasteiger partial charge in [0.25, 0.3) is 0 Å². The Kier molecular flexibility index (Phi) is 5.15. The van der Waals surface area contributed by atoms with Crippen molar-refractivity contribution in [1.82, 2.24) is 14.7 Å². The topological polar surface area (TPSA) is 56.6 Å². The number of esters is 1. The molecule has 2 aromatic rings. The van der Waals surface area contributed by atoms with E-state index in [1.54, 1.807) is 10.7 Å². The van der Waals surface area contributed by atoms with E-state index < -0.39 is 5.97 Å². The molecule has 0 bridgehead atoms. The van der Waals surface area contributed by atoms with Gasteiger partial charge in [-0.05, 0) is 36.7 Å². The Morgan fingerprint density at radius 2 is 2.12 bits per heavy atom. The molecule has 6 nitrogen and oxygen atoms in total. The number of likely N-dealkylation sites (N-methyl/N-ethyl adjacent to an activating group) is 1. The fourth-order valence-corrected chi connectivity index (χ4v) is 3.17. The van der Waals surface area contributed by atoms with Crippen molar-refractivity contribution in [2.45, 2.75) is 26.1 Å². The van der Waals surface area contributed by atoms with Crippen LogP contribution in [0.4, 0.5) is 4.39 Å². The number of rotatable bonds is 5. The molecule has 134 valence electrons. The number of methoxy groups -OCH3 is 2. The van der Waals surface area contributed by atoms with Crippen LogP contribution >= 0.6 is 0 Å². The Morgan fingerprint density at radius 1 is 1.32 bits per heavy atom. The predicted octanol–water partition coefficient (Wildman–Crippen LogP) is 1.99. The summed E-state index contributed by atoms with van der Waals surface area (Å²) in [6.07, 6.45) is 2.29. The molecule has 0 saturated heterocycles. The summed E-state index contributed by atoms with van der Waals surface area (Å²) >= 11 is 0. The molecule has 0 aliphatic carbocycles. The first kappa shape index (κ1) is 17.6. The SMILES string of the molecule is COCc1c(C(=O)OC)cnn1Cc1cc2c(cc1F)CCN(C)C2. The van der Waals surface area contributed by atoms with Crippen molar-refractivity contribution in [2.75, 3.05) is 27.8 Å². The summed E-state index contributed by atoms with van der Waals surface area (Å²) in [6, 6.07) is 3.52. The first-order chi connectivity index (χ1) is 12.0. The molecule has 1 aliphatic rings. The van der Waals surface area contributed by atoms with E-state index in [1.165, 1.54) is 20.4 Å². The molecule has 1 aromatic heterocycles. The Hall–Kier alpha value is -2.25. The van der Waals surface area contributed by atoms with E-state index in [2.05, 4.69) is 17.0 Å². The average molecular weight is 347 g/mol. The molecule has 0 radical (unpaired) electrons. The average Bonchev–Trinajstić information content (AvgIpc) is 2.98. The van der Waals surface area contributed by atoms with Crippen molar-refractivity contribution in [3.8, 4) is 0 Å². The van der Waals surface area contributed by atoms with Crippen LogP contribution < -0.4 is 0 Å². The number of aromatic nitrogens is 2. The zero-order valence-corrected chi connectivity index (χ0v) is 14.7. The summed E-state index contributed by atoms with van der Waals surface area (Å²) < 4.78 is 26.1. The minimum atomic E-state index is -0.481. The van der Waals surface area contributed by atoms with Gasteiger partial charge in [0, 0.05) is 25.8 Å². The molecular formula is C18H22FN3O3. The summed E-state index contributed by atoms with van der Waals surface area (Å²) in [5.74, 6) is -0.729. The van der Waals surface area contributed by atoms with Gasteiger partial charge >= 0.3 is 5.97 Å². The monoisotopic (exact) mass is 347 g/mol. The van der Waals surface area contributed by atoms with Crippen molar-refractivity contribution in [1.29, 1.82) is 0 Å². The van der Waals surface area contributed by atoms with Crippen molar-refractivity contribution >= 4 is 5.97 Å². The number of halogens is 1. The molecule has 3 rings (SSSR count). The number of hydrogen-bond donors (Lipinski definition) is 0. The number of carbonyl (C=O) groups is 1. The quantitative estimate of drug-likeness (QED) is 0.774. The molecule has 0 fully saturated rings. The van der Waals surface area contributed by atoms with Crippen molar-refractivity contribution in [3.05, 3.63) is 52.1 Å². The van der Waals surface area contributed by atoms with Crippen LogP contribution in [0.1, 0.15) is 32.7 Å². The third-order valence-corrected chi connectivity index (χ3v) is 4.53. The van der Waals surface area contributed by atoms with Gasteiger partial charge in [0.05, 0.1) is 32.2 Å². The highest BCUT2D eigenvalue weighted by Gasteiger charge is 2.20. The first-order valence-electron chi connectivity index (χ1n) is 8.14. The molecule has 0 amide bonds. The van der Waals surface area contributed by atoms with E-state index in [1.807, 2.05) is 6.07 Å². The lowest BCUT2D eigenvalue weighted by atomic mass is 9.97. The van der Waals surface area contributed by atoms with E-state index in [0.717, 1.165) is 30.6 Å². The number of ether oxygens (including phenoxy) is 2. The summed E-state index contributed by atoms with van der Waals surface area (Å²) in [7, 11) is 4.91. The number of fused-ring (bicyclic) bond motifs is 1. The van der Waals surface area contributed by atoms with Crippen molar-refractivity contribution in [3.63, 3.8) is 0 Å². The maximum absolute atomic E-state index is 14.5. The van der Waals surface area contributed by atoms with Gasteiger partial charge in [0.15, 0.2) is 0 Å². The summed E-state index contributed by atoms with van der Waals surface area (Å²) in [6.45, 7) is 2.17. The number of hydrogen-bond acceptors (Lipinski definition) is 5. The van der Waals surface area contributed by atoms with Crippen LogP contribution in [-0.2, 0) is 35.6 Å². The van der Waals surface area contributed by atoms with Gasteiger partial charge in [-0.25, -0.2) is 9.18 Å². The maximum Gasteiger partial charge on any atom is 0.341 e. The van der Waals surface area contributed by atoms with Crippen molar-refractivity contribution in [2.24, 2.45) is 0 Å². The zero-order valence-electron chi connectivity index (χ0n) is 14.7. The Bertz CT molecular complexity index is 788. The van der Waals surface area contributed by atoms with Crippen LogP contribution in [0.5, 0.6) is 0 Å². The highest BCUT2D eigenvalue weighted by Crippen LogP contribution is 2.23. The van der Waals surface area contributed by atoms with Crippen LogP contribution in [0.15, 0.2) is 18.3 Å². The van der Waals surface area contributed by atoms with Crippen LogP contribution in [0.2, 0.25) is 0 Å². The van der Waals surface area contributed by atoms with Gasteiger partial charge < -0.3 is 14.4 Å². The Morgan fingerprint density at radius 3 is 2.84 bits per heavy atom. The predicted molar refractivity (Wildman–Crippen MR) is 89.8 cm³/mol. The molecule has 0 spiro atoms. The standard InChI is InChI=1S/C18H22FN3O3/c1-21-5-4-12-7-16(19)14(6-13(12)9-21)10-22-17(11-24-2)15(8-20-22)18(23)25-3/h6-8H,4-5,9-11H2,1-3H3. The molecule has 0 N–H and O–H groups in total. The number of nitrogens with zero attached hydrogens (tertiary/aromatic N) is 3. The maximum atomic E-state index is 14.5. The highest BCUT2D eigenvalue weighted by atomic mass is 19.1. The van der Waals surface area contributed by atoms with E-state index >= 15 is 0 Å². The molecule has 1 aromatic carbocycles. The molecular weight excluding hydrogens is 325 g/mol. The van der Waals surface area contributed by atoms with Crippen molar-refractivity contribution < 1.29 is 18.7 Å². The fourth-order valence-electron chi connectivity index (χ4n) is 3.17. The summed E-state index contributed by atoms with van der Waals surface area (Å²) in [5.41, 5.74) is 3.66. The smallest absolute Gasteiger partial charge is 0.341 e. The highest BCUT2D eigenvalue weighted by molar-refractivity contribution is 5.90. The second-order valence-corrected chi connectivity index (χ2v) is 6.29. The largest absolute Gasteiger partial charge is 0.465 e. The van der Waals surface area contributed by atoms with E-state index in [0.29, 0.717) is 16.8 Å². The zero-order chi connectivity index (χ0) is 18.0. The van der Waals surface area contributed by atoms with Gasteiger partial charge in [-0.2, -0.15) is 5.10 Å². The fraction of sp³-hybridized carbons (Fsp3) is 0.444. The molecule has 1 aliphatic heterocycles. The summed E-state index contributed by atoms with van der Waals surface area (Å²) in [4.78, 5) is 14.1. The van der Waals surface area contributed by atoms with Gasteiger partial charge in [-0.3, -0.25) is 4.68 Å². The molecule has 25 heavy (non-hydrogen) atoms. The van der Waals surface area contributed by atoms with E-state index in [4.69, 9.17) is 9.47 Å². The second kappa shape index (κ2) is 7.33. The van der Waals surface area contributed by atoms with Crippen LogP contribution in [0.25, 0.3) is 0 Å². The van der Waals surface area contributed by atoms with E-state index in [9.17, 15) is 9.18 Å². The van der Waals surface area contributed by atoms with Crippen LogP contribution in [0, 0.1) is 5.82 Å². The second-order valence-electron chi connectivity index (χ2n) is 6.29. The molecule has 0 saturated carbocycles. The minimum absolute atomic E-state index is 0.194. The molecule has 0 atom stereocenters. The van der Waals surface area contributed by atoms with Gasteiger partial charge in [-0.1, -0.05) is 0 Å². The van der Waals surface area contributed by atoms with Gasteiger partial charge in [0.2, 0.25) is 0 Å². The first-order valence-corrected chi connectivity index (χ1v) is 8.14. The van der Waals surface area contributed by atoms with Gasteiger partial charge in [0.1, 0.15) is 11.4 Å². The van der Waals surface area contributed by atoms with Crippen LogP contribution in [0.3, 0.4) is 0 Å². The summed E-state index contributed by atoms with van der Waals surface area (Å²) in [5, 5.41) is 4.23. The molecule has 7 heteroatoms. The van der Waals surface area contributed by atoms with Crippen LogP contribution in [-0.4, -0.2) is 48.5 Å². The lowest BCUT2D eigenvalue weighted by Gasteiger charge is -2.25. The van der Waals surface area contributed by atoms with Gasteiger partial charge in [-0.15, -0.1) is 0 Å². The lowest BCUT2D eigenvalue weighted by Crippen LogP contribution is -2.27. The van der Waals surface area contributed by atoms with E-state index in [-0.39, 0.29) is 19.0 Å². The number of carbonyl (C=O) groups excluding carboxylic acids is 1. The third kappa shape index (κ3) is 3.57.